The van der Waals surface area contributed by atoms with Gasteiger partial charge in [-0.15, -0.1) is 0 Å². The summed E-state index contributed by atoms with van der Waals surface area (Å²) < 4.78 is 0. The van der Waals surface area contributed by atoms with E-state index in [0.717, 1.165) is 13.0 Å². The lowest BCUT2D eigenvalue weighted by Gasteiger charge is -2.36. The Hall–Kier alpha value is -1.35. The SMILES string of the molecule is CC1c2ccccc2CCN1C(=O)[C@@H](C)N. The number of nitrogens with zero attached hydrogens (tertiary/aromatic N) is 1. The normalized spacial score (nSPS) is 21.4. The molecular weight excluding hydrogens is 200 g/mol. The van der Waals surface area contributed by atoms with Crippen LogP contribution in [0.2, 0.25) is 0 Å². The van der Waals surface area contributed by atoms with Crippen molar-refractivity contribution < 1.29 is 4.79 Å². The van der Waals surface area contributed by atoms with Gasteiger partial charge in [-0.1, -0.05) is 24.3 Å². The van der Waals surface area contributed by atoms with Crippen LogP contribution in [0, 0.1) is 0 Å². The number of amides is 1. The van der Waals surface area contributed by atoms with E-state index < -0.39 is 6.04 Å². The largest absolute Gasteiger partial charge is 0.334 e. The number of fused-ring (bicyclic) bond motifs is 1. The molecule has 1 aromatic carbocycles. The van der Waals surface area contributed by atoms with Crippen molar-refractivity contribution in [3.63, 3.8) is 0 Å². The first-order valence-corrected chi connectivity index (χ1v) is 5.75. The van der Waals surface area contributed by atoms with Crippen LogP contribution in [-0.2, 0) is 11.2 Å². The number of hydrogen-bond donors (Lipinski definition) is 1. The minimum atomic E-state index is -0.410. The third-order valence-corrected chi connectivity index (χ3v) is 3.27. The Bertz CT molecular complexity index is 401. The average Bonchev–Trinajstić information content (AvgIpc) is 2.29. The van der Waals surface area contributed by atoms with Gasteiger partial charge in [-0.3, -0.25) is 4.79 Å². The fraction of sp³-hybridized carbons (Fsp3) is 0.462. The van der Waals surface area contributed by atoms with Crippen LogP contribution < -0.4 is 5.73 Å². The molecule has 1 heterocycles. The second kappa shape index (κ2) is 4.26. The first-order valence-electron chi connectivity index (χ1n) is 5.75. The highest BCUT2D eigenvalue weighted by atomic mass is 16.2. The Morgan fingerprint density at radius 1 is 1.50 bits per heavy atom. The van der Waals surface area contributed by atoms with Crippen LogP contribution in [0.25, 0.3) is 0 Å². The van der Waals surface area contributed by atoms with Gasteiger partial charge in [0.1, 0.15) is 0 Å². The maximum Gasteiger partial charge on any atom is 0.239 e. The third kappa shape index (κ3) is 1.83. The summed E-state index contributed by atoms with van der Waals surface area (Å²) in [6, 6.07) is 8.04. The van der Waals surface area contributed by atoms with E-state index in [4.69, 9.17) is 5.73 Å². The lowest BCUT2D eigenvalue weighted by Crippen LogP contribution is -2.46. The quantitative estimate of drug-likeness (QED) is 0.776. The zero-order valence-electron chi connectivity index (χ0n) is 9.81. The van der Waals surface area contributed by atoms with Crippen LogP contribution in [0.15, 0.2) is 24.3 Å². The van der Waals surface area contributed by atoms with E-state index >= 15 is 0 Å². The molecule has 1 unspecified atom stereocenters. The molecule has 1 aliphatic rings. The van der Waals surface area contributed by atoms with Crippen LogP contribution in [0.3, 0.4) is 0 Å². The number of carbonyl (C=O) groups is 1. The van der Waals surface area contributed by atoms with Gasteiger partial charge in [0.25, 0.3) is 0 Å². The molecule has 0 aromatic heterocycles. The molecule has 1 aliphatic heterocycles. The minimum absolute atomic E-state index is 0.0435. The summed E-state index contributed by atoms with van der Waals surface area (Å²) in [6.45, 7) is 4.59. The summed E-state index contributed by atoms with van der Waals surface area (Å²) >= 11 is 0. The molecule has 0 saturated heterocycles. The molecule has 0 aliphatic carbocycles. The Morgan fingerprint density at radius 2 is 2.19 bits per heavy atom. The van der Waals surface area contributed by atoms with Crippen molar-refractivity contribution >= 4 is 5.91 Å². The van der Waals surface area contributed by atoms with Crippen LogP contribution >= 0.6 is 0 Å². The van der Waals surface area contributed by atoms with Crippen molar-refractivity contribution in [2.45, 2.75) is 32.4 Å². The van der Waals surface area contributed by atoms with Gasteiger partial charge in [0.15, 0.2) is 0 Å². The molecule has 0 radical (unpaired) electrons. The van der Waals surface area contributed by atoms with E-state index in [1.165, 1.54) is 11.1 Å². The van der Waals surface area contributed by atoms with E-state index in [-0.39, 0.29) is 11.9 Å². The second-order valence-corrected chi connectivity index (χ2v) is 4.45. The van der Waals surface area contributed by atoms with Crippen LogP contribution in [0.1, 0.15) is 31.0 Å². The molecule has 16 heavy (non-hydrogen) atoms. The smallest absolute Gasteiger partial charge is 0.239 e. The fourth-order valence-electron chi connectivity index (χ4n) is 2.33. The minimum Gasteiger partial charge on any atom is -0.334 e. The van der Waals surface area contributed by atoms with Crippen molar-refractivity contribution in [1.29, 1.82) is 0 Å². The summed E-state index contributed by atoms with van der Waals surface area (Å²) in [4.78, 5) is 13.8. The number of benzene rings is 1. The monoisotopic (exact) mass is 218 g/mol. The molecule has 0 spiro atoms. The molecule has 0 bridgehead atoms. The predicted molar refractivity (Wildman–Crippen MR) is 63.9 cm³/mol. The predicted octanol–water partition coefficient (Wildman–Crippen LogP) is 1.48. The van der Waals surface area contributed by atoms with Crippen LogP contribution in [0.4, 0.5) is 0 Å². The van der Waals surface area contributed by atoms with E-state index in [1.807, 2.05) is 11.0 Å². The molecule has 1 aromatic rings. The Balaban J connectivity index is 2.28. The number of hydrogen-bond acceptors (Lipinski definition) is 2. The Kier molecular flexibility index (Phi) is 2.97. The van der Waals surface area contributed by atoms with Crippen molar-refractivity contribution in [3.05, 3.63) is 35.4 Å². The summed E-state index contributed by atoms with van der Waals surface area (Å²) in [7, 11) is 0. The van der Waals surface area contributed by atoms with Crippen molar-refractivity contribution in [1.82, 2.24) is 4.90 Å². The molecule has 2 rings (SSSR count). The highest BCUT2D eigenvalue weighted by molar-refractivity contribution is 5.82. The van der Waals surface area contributed by atoms with Gasteiger partial charge in [0.05, 0.1) is 12.1 Å². The maximum atomic E-state index is 11.9. The van der Waals surface area contributed by atoms with E-state index in [2.05, 4.69) is 25.1 Å². The molecule has 2 atom stereocenters. The first kappa shape index (κ1) is 11.1. The topological polar surface area (TPSA) is 46.3 Å². The van der Waals surface area contributed by atoms with Gasteiger partial charge >= 0.3 is 0 Å². The van der Waals surface area contributed by atoms with Gasteiger partial charge in [-0.05, 0) is 31.4 Å². The van der Waals surface area contributed by atoms with Gasteiger partial charge < -0.3 is 10.6 Å². The number of carbonyl (C=O) groups excluding carboxylic acids is 1. The van der Waals surface area contributed by atoms with Crippen molar-refractivity contribution in [2.75, 3.05) is 6.54 Å². The summed E-state index contributed by atoms with van der Waals surface area (Å²) in [6.07, 6.45) is 0.930. The fourth-order valence-corrected chi connectivity index (χ4v) is 2.33. The Labute approximate surface area is 96.2 Å². The maximum absolute atomic E-state index is 11.9. The summed E-state index contributed by atoms with van der Waals surface area (Å²) in [5, 5.41) is 0. The molecule has 86 valence electrons. The van der Waals surface area contributed by atoms with Gasteiger partial charge in [0.2, 0.25) is 5.91 Å². The summed E-state index contributed by atoms with van der Waals surface area (Å²) in [5.74, 6) is 0.0435. The number of rotatable bonds is 1. The van der Waals surface area contributed by atoms with Gasteiger partial charge in [-0.2, -0.15) is 0 Å². The number of nitrogens with two attached hydrogens (primary N) is 1. The lowest BCUT2D eigenvalue weighted by atomic mass is 9.93. The van der Waals surface area contributed by atoms with Crippen molar-refractivity contribution in [3.8, 4) is 0 Å². The average molecular weight is 218 g/mol. The standard InChI is InChI=1S/C13H18N2O/c1-9(14)13(16)15-8-7-11-5-3-4-6-12(11)10(15)2/h3-6,9-10H,7-8,14H2,1-2H3/t9-,10?/m1/s1. The summed E-state index contributed by atoms with van der Waals surface area (Å²) in [5.41, 5.74) is 8.26. The van der Waals surface area contributed by atoms with E-state index in [1.54, 1.807) is 6.92 Å². The third-order valence-electron chi connectivity index (χ3n) is 3.27. The van der Waals surface area contributed by atoms with Gasteiger partial charge in [0, 0.05) is 6.54 Å². The molecule has 2 N–H and O–H groups in total. The second-order valence-electron chi connectivity index (χ2n) is 4.45. The lowest BCUT2D eigenvalue weighted by molar-refractivity contribution is -0.134. The first-order chi connectivity index (χ1) is 7.61. The van der Waals surface area contributed by atoms with Crippen LogP contribution in [0.5, 0.6) is 0 Å². The van der Waals surface area contributed by atoms with E-state index in [9.17, 15) is 4.79 Å². The highest BCUT2D eigenvalue weighted by Gasteiger charge is 2.28. The molecule has 0 saturated carbocycles. The molecule has 1 amide bonds. The molecule has 3 nitrogen and oxygen atoms in total. The molecule has 3 heteroatoms. The Morgan fingerprint density at radius 3 is 2.88 bits per heavy atom. The molecule has 0 fully saturated rings. The zero-order chi connectivity index (χ0) is 11.7. The van der Waals surface area contributed by atoms with Crippen LogP contribution in [-0.4, -0.2) is 23.4 Å². The molecular formula is C13H18N2O. The van der Waals surface area contributed by atoms with E-state index in [0.29, 0.717) is 0 Å². The van der Waals surface area contributed by atoms with Gasteiger partial charge in [-0.25, -0.2) is 0 Å². The highest BCUT2D eigenvalue weighted by Crippen LogP contribution is 2.29. The van der Waals surface area contributed by atoms with Crippen molar-refractivity contribution in [2.24, 2.45) is 5.73 Å². The zero-order valence-corrected chi connectivity index (χ0v) is 9.81.